The average molecular weight is 277 g/mol. The van der Waals surface area contributed by atoms with Crippen LogP contribution in [0.4, 0.5) is 0 Å². The summed E-state index contributed by atoms with van der Waals surface area (Å²) in [6, 6.07) is 4.06. The minimum Gasteiger partial charge on any atom is -0.379 e. The molecule has 0 aromatic carbocycles. The third kappa shape index (κ3) is 4.02. The molecule has 5 nitrogen and oxygen atoms in total. The van der Waals surface area contributed by atoms with Crippen molar-refractivity contribution in [3.05, 3.63) is 29.1 Å². The van der Waals surface area contributed by atoms with Gasteiger partial charge in [-0.3, -0.25) is 9.78 Å². The van der Waals surface area contributed by atoms with E-state index in [4.69, 9.17) is 4.74 Å². The predicted molar refractivity (Wildman–Crippen MR) is 77.4 cm³/mol. The Hall–Kier alpha value is -1.46. The summed E-state index contributed by atoms with van der Waals surface area (Å²) in [5, 5.41) is 3.23. The zero-order valence-electron chi connectivity index (χ0n) is 12.5. The van der Waals surface area contributed by atoms with Crippen LogP contribution in [-0.4, -0.2) is 49.1 Å². The highest BCUT2D eigenvalue weighted by Crippen LogP contribution is 2.10. The first kappa shape index (κ1) is 14.9. The highest BCUT2D eigenvalue weighted by atomic mass is 16.5. The monoisotopic (exact) mass is 277 g/mol. The molecule has 1 aromatic heterocycles. The van der Waals surface area contributed by atoms with E-state index in [1.165, 1.54) is 5.56 Å². The normalized spacial score (nSPS) is 19.4. The molecule has 0 aliphatic carbocycles. The number of ether oxygens (including phenoxy) is 1. The van der Waals surface area contributed by atoms with Gasteiger partial charge in [0.05, 0.1) is 31.4 Å². The van der Waals surface area contributed by atoms with Crippen LogP contribution in [0.25, 0.3) is 0 Å². The molecule has 1 saturated heterocycles. The Bertz CT molecular complexity index is 448. The number of aryl methyl sites for hydroxylation is 2. The third-order valence-electron chi connectivity index (χ3n) is 3.41. The van der Waals surface area contributed by atoms with Crippen molar-refractivity contribution in [2.75, 3.05) is 33.4 Å². The van der Waals surface area contributed by atoms with Gasteiger partial charge in [0.15, 0.2) is 0 Å². The van der Waals surface area contributed by atoms with Crippen molar-refractivity contribution < 1.29 is 9.53 Å². The number of amides is 1. The maximum Gasteiger partial charge on any atom is 0.229 e. The maximum absolute atomic E-state index is 12.4. The lowest BCUT2D eigenvalue weighted by Crippen LogP contribution is -2.38. The minimum absolute atomic E-state index is 0.103. The number of nitrogens with zero attached hydrogens (tertiary/aromatic N) is 2. The zero-order chi connectivity index (χ0) is 14.5. The second kappa shape index (κ2) is 6.81. The number of carbonyl (C=O) groups is 1. The molecule has 2 heterocycles. The van der Waals surface area contributed by atoms with E-state index in [1.807, 2.05) is 33.0 Å². The SMILES string of the molecule is Cc1cc(C)nc(CN(C)C(=O)C2CNCCOC2)c1. The summed E-state index contributed by atoms with van der Waals surface area (Å²) in [5.41, 5.74) is 3.09. The Morgan fingerprint density at radius 1 is 1.50 bits per heavy atom. The highest BCUT2D eigenvalue weighted by Gasteiger charge is 2.23. The van der Waals surface area contributed by atoms with Gasteiger partial charge in [-0.2, -0.15) is 0 Å². The molecule has 0 spiro atoms. The molecule has 1 aromatic rings. The van der Waals surface area contributed by atoms with Crippen LogP contribution >= 0.6 is 0 Å². The largest absolute Gasteiger partial charge is 0.379 e. The number of aromatic nitrogens is 1. The van der Waals surface area contributed by atoms with Gasteiger partial charge in [-0.25, -0.2) is 0 Å². The second-order valence-electron chi connectivity index (χ2n) is 5.45. The molecule has 1 aliphatic heterocycles. The minimum atomic E-state index is -0.103. The molecule has 1 unspecified atom stereocenters. The van der Waals surface area contributed by atoms with E-state index in [2.05, 4.69) is 10.3 Å². The van der Waals surface area contributed by atoms with Gasteiger partial charge in [0.1, 0.15) is 0 Å². The number of hydrogen-bond acceptors (Lipinski definition) is 4. The molecule has 1 aliphatic rings. The molecule has 20 heavy (non-hydrogen) atoms. The fourth-order valence-electron chi connectivity index (χ4n) is 2.50. The fourth-order valence-corrected chi connectivity index (χ4v) is 2.50. The zero-order valence-corrected chi connectivity index (χ0v) is 12.5. The molecule has 0 bridgehead atoms. The van der Waals surface area contributed by atoms with E-state index in [0.717, 1.165) is 17.9 Å². The lowest BCUT2D eigenvalue weighted by Gasteiger charge is -2.22. The summed E-state index contributed by atoms with van der Waals surface area (Å²) >= 11 is 0. The predicted octanol–water partition coefficient (Wildman–Crippen LogP) is 0.893. The van der Waals surface area contributed by atoms with Crippen LogP contribution in [0.2, 0.25) is 0 Å². The Labute approximate surface area is 120 Å². The summed E-state index contributed by atoms with van der Waals surface area (Å²) in [7, 11) is 1.83. The standard InChI is InChI=1S/C15H23N3O2/c1-11-6-12(2)17-14(7-11)9-18(3)15(19)13-8-16-4-5-20-10-13/h6-7,13,16H,4-5,8-10H2,1-3H3. The first-order chi connectivity index (χ1) is 9.56. The van der Waals surface area contributed by atoms with Crippen LogP contribution in [-0.2, 0) is 16.1 Å². The molecule has 0 radical (unpaired) electrons. The highest BCUT2D eigenvalue weighted by molar-refractivity contribution is 5.79. The molecule has 2 rings (SSSR count). The van der Waals surface area contributed by atoms with E-state index in [0.29, 0.717) is 26.3 Å². The maximum atomic E-state index is 12.4. The molecule has 5 heteroatoms. The molecular weight excluding hydrogens is 254 g/mol. The molecule has 1 fully saturated rings. The second-order valence-corrected chi connectivity index (χ2v) is 5.45. The van der Waals surface area contributed by atoms with Crippen molar-refractivity contribution in [1.29, 1.82) is 0 Å². The van der Waals surface area contributed by atoms with Crippen LogP contribution in [0.1, 0.15) is 17.0 Å². The van der Waals surface area contributed by atoms with Crippen LogP contribution in [0.3, 0.4) is 0 Å². The van der Waals surface area contributed by atoms with Gasteiger partial charge in [-0.1, -0.05) is 0 Å². The summed E-state index contributed by atoms with van der Waals surface area (Å²) in [6.45, 7) is 7.22. The van der Waals surface area contributed by atoms with Crippen molar-refractivity contribution in [1.82, 2.24) is 15.2 Å². The van der Waals surface area contributed by atoms with Gasteiger partial charge in [-0.05, 0) is 31.5 Å². The molecule has 1 atom stereocenters. The first-order valence-electron chi connectivity index (χ1n) is 7.04. The summed E-state index contributed by atoms with van der Waals surface area (Å²) in [5.74, 6) is 0.00812. The van der Waals surface area contributed by atoms with E-state index in [-0.39, 0.29) is 11.8 Å². The van der Waals surface area contributed by atoms with Crippen molar-refractivity contribution in [2.45, 2.75) is 20.4 Å². The number of rotatable bonds is 3. The van der Waals surface area contributed by atoms with Gasteiger partial charge in [0.25, 0.3) is 0 Å². The lowest BCUT2D eigenvalue weighted by atomic mass is 10.1. The molecular formula is C15H23N3O2. The number of carbonyl (C=O) groups excluding carboxylic acids is 1. The van der Waals surface area contributed by atoms with E-state index in [9.17, 15) is 4.79 Å². The van der Waals surface area contributed by atoms with Crippen LogP contribution in [0.5, 0.6) is 0 Å². The molecule has 1 N–H and O–H groups in total. The van der Waals surface area contributed by atoms with Crippen LogP contribution in [0.15, 0.2) is 12.1 Å². The number of pyridine rings is 1. The summed E-state index contributed by atoms with van der Waals surface area (Å²) in [6.07, 6.45) is 0. The smallest absolute Gasteiger partial charge is 0.229 e. The van der Waals surface area contributed by atoms with Crippen LogP contribution < -0.4 is 5.32 Å². The summed E-state index contributed by atoms with van der Waals surface area (Å²) in [4.78, 5) is 18.6. The molecule has 1 amide bonds. The van der Waals surface area contributed by atoms with Gasteiger partial charge < -0.3 is 15.0 Å². The Balaban J connectivity index is 1.99. The third-order valence-corrected chi connectivity index (χ3v) is 3.41. The first-order valence-corrected chi connectivity index (χ1v) is 7.04. The number of hydrogen-bond donors (Lipinski definition) is 1. The number of nitrogens with one attached hydrogen (secondary N) is 1. The van der Waals surface area contributed by atoms with Gasteiger partial charge in [-0.15, -0.1) is 0 Å². The quantitative estimate of drug-likeness (QED) is 0.891. The average Bonchev–Trinajstić information content (AvgIpc) is 2.65. The topological polar surface area (TPSA) is 54.5 Å². The fraction of sp³-hybridized carbons (Fsp3) is 0.600. The Morgan fingerprint density at radius 2 is 2.30 bits per heavy atom. The van der Waals surface area contributed by atoms with Crippen molar-refractivity contribution in [3.63, 3.8) is 0 Å². The van der Waals surface area contributed by atoms with Gasteiger partial charge in [0.2, 0.25) is 5.91 Å². The van der Waals surface area contributed by atoms with Crippen molar-refractivity contribution in [2.24, 2.45) is 5.92 Å². The van der Waals surface area contributed by atoms with Crippen LogP contribution in [0, 0.1) is 19.8 Å². The Morgan fingerprint density at radius 3 is 3.05 bits per heavy atom. The van der Waals surface area contributed by atoms with Crippen molar-refractivity contribution >= 4 is 5.91 Å². The van der Waals surface area contributed by atoms with E-state index in [1.54, 1.807) is 4.90 Å². The van der Waals surface area contributed by atoms with Gasteiger partial charge in [0, 0.05) is 25.8 Å². The van der Waals surface area contributed by atoms with Gasteiger partial charge >= 0.3 is 0 Å². The molecule has 110 valence electrons. The lowest BCUT2D eigenvalue weighted by molar-refractivity contribution is -0.136. The molecule has 0 saturated carbocycles. The van der Waals surface area contributed by atoms with E-state index >= 15 is 0 Å². The Kier molecular flexibility index (Phi) is 5.09. The van der Waals surface area contributed by atoms with E-state index < -0.39 is 0 Å². The summed E-state index contributed by atoms with van der Waals surface area (Å²) < 4.78 is 5.44. The van der Waals surface area contributed by atoms with Crippen molar-refractivity contribution in [3.8, 4) is 0 Å².